The lowest BCUT2D eigenvalue weighted by molar-refractivity contribution is 0.358. The molecular formula is C15H14N4O2S. The lowest BCUT2D eigenvalue weighted by atomic mass is 10.2. The van der Waals surface area contributed by atoms with Gasteiger partial charge < -0.3 is 10.2 Å². The van der Waals surface area contributed by atoms with Crippen LogP contribution < -0.4 is 0 Å². The van der Waals surface area contributed by atoms with E-state index in [1.807, 2.05) is 12.3 Å². The van der Waals surface area contributed by atoms with E-state index in [4.69, 9.17) is 5.41 Å². The highest BCUT2D eigenvalue weighted by molar-refractivity contribution is 7.11. The first kappa shape index (κ1) is 14.3. The number of aliphatic hydroxyl groups is 1. The zero-order chi connectivity index (χ0) is 15.7. The van der Waals surface area contributed by atoms with E-state index in [9.17, 15) is 10.2 Å². The molecule has 3 rings (SSSR count). The molecule has 2 heterocycles. The average Bonchev–Trinajstić information content (AvgIpc) is 3.02. The fraction of sp³-hybridized carbons (Fsp3) is 0.133. The lowest BCUT2D eigenvalue weighted by Gasteiger charge is -2.11. The summed E-state index contributed by atoms with van der Waals surface area (Å²) in [6.45, 7) is 2.03. The fourth-order valence-electron chi connectivity index (χ4n) is 2.05. The molecule has 0 saturated heterocycles. The van der Waals surface area contributed by atoms with Crippen LogP contribution in [-0.4, -0.2) is 38.8 Å². The number of rotatable bonds is 3. The molecule has 3 N–H and O–H groups in total. The third kappa shape index (κ3) is 2.71. The van der Waals surface area contributed by atoms with Crippen molar-refractivity contribution in [3.05, 3.63) is 51.7 Å². The van der Waals surface area contributed by atoms with Gasteiger partial charge in [0.2, 0.25) is 0 Å². The number of hydrazone groups is 1. The average molecular weight is 314 g/mol. The van der Waals surface area contributed by atoms with Crippen LogP contribution in [0.3, 0.4) is 0 Å². The van der Waals surface area contributed by atoms with Gasteiger partial charge in [0.15, 0.2) is 5.84 Å². The van der Waals surface area contributed by atoms with Crippen molar-refractivity contribution in [3.8, 4) is 5.75 Å². The van der Waals surface area contributed by atoms with Gasteiger partial charge in [0.1, 0.15) is 23.1 Å². The second kappa shape index (κ2) is 5.61. The van der Waals surface area contributed by atoms with Crippen molar-refractivity contribution in [2.45, 2.75) is 6.92 Å². The lowest BCUT2D eigenvalue weighted by Crippen LogP contribution is -2.20. The first-order chi connectivity index (χ1) is 10.5. The van der Waals surface area contributed by atoms with E-state index in [0.717, 1.165) is 11.3 Å². The summed E-state index contributed by atoms with van der Waals surface area (Å²) >= 11 is 1.40. The molecule has 6 nitrogen and oxygen atoms in total. The smallest absolute Gasteiger partial charge is 0.155 e. The number of phenols is 1. The van der Waals surface area contributed by atoms with Gasteiger partial charge in [0.25, 0.3) is 0 Å². The molecule has 0 bridgehead atoms. The topological polar surface area (TPSA) is 92.8 Å². The van der Waals surface area contributed by atoms with Crippen molar-refractivity contribution >= 4 is 29.0 Å². The van der Waals surface area contributed by atoms with Crippen LogP contribution in [0.15, 0.2) is 40.5 Å². The molecule has 1 aromatic heterocycles. The molecule has 1 aliphatic heterocycles. The quantitative estimate of drug-likeness (QED) is 0.759. The number of aliphatic hydroxyl groups excluding tert-OH is 1. The van der Waals surface area contributed by atoms with E-state index in [2.05, 4.69) is 10.1 Å². The number of aromatic hydroxyl groups is 1. The number of amidine groups is 1. The van der Waals surface area contributed by atoms with Crippen LogP contribution >= 0.6 is 11.3 Å². The second-order valence-corrected chi connectivity index (χ2v) is 5.72. The van der Waals surface area contributed by atoms with Gasteiger partial charge in [0, 0.05) is 11.1 Å². The van der Waals surface area contributed by atoms with Gasteiger partial charge in [-0.2, -0.15) is 5.10 Å². The van der Waals surface area contributed by atoms with Gasteiger partial charge in [-0.15, -0.1) is 11.3 Å². The molecule has 7 heteroatoms. The highest BCUT2D eigenvalue weighted by Crippen LogP contribution is 2.29. The van der Waals surface area contributed by atoms with Gasteiger partial charge in [-0.05, 0) is 36.8 Å². The Balaban J connectivity index is 1.79. The number of aromatic nitrogens is 1. The van der Waals surface area contributed by atoms with Crippen molar-refractivity contribution in [1.29, 1.82) is 5.41 Å². The summed E-state index contributed by atoms with van der Waals surface area (Å²) in [7, 11) is 0. The molecule has 0 fully saturated rings. The zero-order valence-electron chi connectivity index (χ0n) is 11.8. The number of hydrogen-bond donors (Lipinski definition) is 3. The number of nitrogens with zero attached hydrogens (tertiary/aromatic N) is 3. The molecule has 0 saturated carbocycles. The summed E-state index contributed by atoms with van der Waals surface area (Å²) in [4.78, 5) is 4.31. The summed E-state index contributed by atoms with van der Waals surface area (Å²) < 4.78 is 0. The highest BCUT2D eigenvalue weighted by atomic mass is 32.1. The molecule has 1 aliphatic rings. The van der Waals surface area contributed by atoms with E-state index >= 15 is 0 Å². The Hall–Kier alpha value is -2.67. The Labute approximate surface area is 131 Å². The van der Waals surface area contributed by atoms with Crippen LogP contribution in [0, 0.1) is 12.3 Å². The highest BCUT2D eigenvalue weighted by Gasteiger charge is 2.29. The Morgan fingerprint density at radius 3 is 2.68 bits per heavy atom. The standard InChI is InChI=1S/C15H14N4O2S/c1-9-8-22-15(18-9)13-12(21)7-19(14(13)16)17-6-10-2-4-11(20)5-3-10/h2-6,8,16,20-21H,7H2,1H3/b16-14?,17-6+. The largest absolute Gasteiger partial charge is 0.509 e. The molecule has 1 aromatic carbocycles. The van der Waals surface area contributed by atoms with Crippen molar-refractivity contribution in [3.63, 3.8) is 0 Å². The third-order valence-electron chi connectivity index (χ3n) is 3.16. The van der Waals surface area contributed by atoms with Gasteiger partial charge >= 0.3 is 0 Å². The molecule has 0 amide bonds. The van der Waals surface area contributed by atoms with E-state index in [1.54, 1.807) is 30.5 Å². The van der Waals surface area contributed by atoms with Crippen LogP contribution in [0.25, 0.3) is 5.57 Å². The number of aryl methyl sites for hydroxylation is 1. The van der Waals surface area contributed by atoms with E-state index in [1.165, 1.54) is 16.3 Å². The summed E-state index contributed by atoms with van der Waals surface area (Å²) in [6.07, 6.45) is 1.58. The maximum Gasteiger partial charge on any atom is 0.155 e. The second-order valence-electron chi connectivity index (χ2n) is 4.86. The molecule has 22 heavy (non-hydrogen) atoms. The van der Waals surface area contributed by atoms with Crippen molar-refractivity contribution in [1.82, 2.24) is 9.99 Å². The predicted molar refractivity (Wildman–Crippen MR) is 86.5 cm³/mol. The molecule has 0 atom stereocenters. The Morgan fingerprint density at radius 1 is 1.32 bits per heavy atom. The molecule has 2 aromatic rings. The van der Waals surface area contributed by atoms with Crippen LogP contribution in [0.1, 0.15) is 16.3 Å². The molecule has 0 unspecified atom stereocenters. The van der Waals surface area contributed by atoms with Crippen LogP contribution in [0.4, 0.5) is 0 Å². The molecule has 0 aliphatic carbocycles. The Bertz CT molecular complexity index is 777. The van der Waals surface area contributed by atoms with Crippen LogP contribution in [0.2, 0.25) is 0 Å². The van der Waals surface area contributed by atoms with Gasteiger partial charge in [0.05, 0.1) is 11.8 Å². The van der Waals surface area contributed by atoms with Gasteiger partial charge in [-0.1, -0.05) is 0 Å². The number of benzene rings is 1. The Morgan fingerprint density at radius 2 is 2.05 bits per heavy atom. The maximum atomic E-state index is 10.1. The SMILES string of the molecule is Cc1csc(C2=C(O)CN(/N=C/c3ccc(O)cc3)C2=N)n1. The minimum Gasteiger partial charge on any atom is -0.509 e. The van der Waals surface area contributed by atoms with Crippen LogP contribution in [0.5, 0.6) is 5.75 Å². The molecule has 0 spiro atoms. The maximum absolute atomic E-state index is 10.1. The zero-order valence-corrected chi connectivity index (χ0v) is 12.6. The monoisotopic (exact) mass is 314 g/mol. The number of hydrogen-bond acceptors (Lipinski definition) is 6. The number of phenolic OH excluding ortho intramolecular Hbond substituents is 1. The first-order valence-electron chi connectivity index (χ1n) is 6.58. The third-order valence-corrected chi connectivity index (χ3v) is 4.13. The fourth-order valence-corrected chi connectivity index (χ4v) is 2.92. The molecular weight excluding hydrogens is 300 g/mol. The first-order valence-corrected chi connectivity index (χ1v) is 7.46. The van der Waals surface area contributed by atoms with Crippen LogP contribution in [-0.2, 0) is 0 Å². The summed E-state index contributed by atoms with van der Waals surface area (Å²) in [6, 6.07) is 6.57. The van der Waals surface area contributed by atoms with E-state index in [0.29, 0.717) is 10.6 Å². The van der Waals surface area contributed by atoms with E-state index < -0.39 is 0 Å². The van der Waals surface area contributed by atoms with Gasteiger partial charge in [-0.3, -0.25) is 5.41 Å². The minimum atomic E-state index is 0.0993. The normalized spacial score (nSPS) is 15.3. The summed E-state index contributed by atoms with van der Waals surface area (Å²) in [5, 5.41) is 35.6. The molecule has 112 valence electrons. The van der Waals surface area contributed by atoms with Crippen molar-refractivity contribution in [2.75, 3.05) is 6.54 Å². The predicted octanol–water partition coefficient (Wildman–Crippen LogP) is 2.75. The number of nitrogens with one attached hydrogen (secondary N) is 1. The summed E-state index contributed by atoms with van der Waals surface area (Å²) in [5.41, 5.74) is 2.09. The Kier molecular flexibility index (Phi) is 3.64. The van der Waals surface area contributed by atoms with Crippen molar-refractivity contribution < 1.29 is 10.2 Å². The van der Waals surface area contributed by atoms with Crippen molar-refractivity contribution in [2.24, 2.45) is 5.10 Å². The van der Waals surface area contributed by atoms with Gasteiger partial charge in [-0.25, -0.2) is 9.99 Å². The van der Waals surface area contributed by atoms with E-state index in [-0.39, 0.29) is 23.9 Å². The molecule has 0 radical (unpaired) electrons. The minimum absolute atomic E-state index is 0.0993. The number of thiazole rings is 1. The summed E-state index contributed by atoms with van der Waals surface area (Å²) in [5.74, 6) is 0.413.